The lowest BCUT2D eigenvalue weighted by molar-refractivity contribution is -0.112. The van der Waals surface area contributed by atoms with Crippen LogP contribution >= 0.6 is 15.9 Å². The minimum Gasteiger partial charge on any atom is -0.493 e. The highest BCUT2D eigenvalue weighted by atomic mass is 79.9. The van der Waals surface area contributed by atoms with E-state index in [0.29, 0.717) is 33.8 Å². The number of halogens is 1. The Labute approximate surface area is 212 Å². The molecular weight excluding hydrogens is 504 g/mol. The molecule has 4 rings (SSSR count). The van der Waals surface area contributed by atoms with Gasteiger partial charge in [0.1, 0.15) is 18.2 Å². The van der Waals surface area contributed by atoms with Crippen LogP contribution in [-0.4, -0.2) is 13.0 Å². The van der Waals surface area contributed by atoms with Crippen LogP contribution in [0.5, 0.6) is 11.5 Å². The van der Waals surface area contributed by atoms with E-state index in [4.69, 9.17) is 9.47 Å². The van der Waals surface area contributed by atoms with E-state index in [-0.39, 0.29) is 5.57 Å². The molecule has 0 aliphatic carbocycles. The number of methoxy groups -OCH3 is 1. The van der Waals surface area contributed by atoms with E-state index in [9.17, 15) is 10.1 Å². The predicted molar refractivity (Wildman–Crippen MR) is 142 cm³/mol. The number of carbonyl (C=O) groups is 1. The van der Waals surface area contributed by atoms with E-state index in [2.05, 4.69) is 45.5 Å². The number of benzene rings is 4. The molecule has 0 saturated heterocycles. The van der Waals surface area contributed by atoms with E-state index in [1.807, 2.05) is 49.4 Å². The monoisotopic (exact) mass is 526 g/mol. The van der Waals surface area contributed by atoms with Gasteiger partial charge in [-0.2, -0.15) is 5.26 Å². The third kappa shape index (κ3) is 5.71. The molecule has 174 valence electrons. The van der Waals surface area contributed by atoms with Gasteiger partial charge in [0.2, 0.25) is 0 Å². The van der Waals surface area contributed by atoms with Gasteiger partial charge >= 0.3 is 0 Å². The van der Waals surface area contributed by atoms with Gasteiger partial charge in [-0.1, -0.05) is 54.6 Å². The molecule has 0 radical (unpaired) electrons. The van der Waals surface area contributed by atoms with Gasteiger partial charge in [-0.15, -0.1) is 0 Å². The molecule has 5 nitrogen and oxygen atoms in total. The Morgan fingerprint density at radius 3 is 2.51 bits per heavy atom. The van der Waals surface area contributed by atoms with Crippen molar-refractivity contribution in [3.8, 4) is 17.6 Å². The van der Waals surface area contributed by atoms with E-state index in [0.717, 1.165) is 16.5 Å². The summed E-state index contributed by atoms with van der Waals surface area (Å²) in [6.45, 7) is 2.25. The molecule has 1 N–H and O–H groups in total. The summed E-state index contributed by atoms with van der Waals surface area (Å²) in [7, 11) is 1.55. The third-order valence-corrected chi connectivity index (χ3v) is 6.11. The topological polar surface area (TPSA) is 71.3 Å². The number of anilines is 1. The van der Waals surface area contributed by atoms with Gasteiger partial charge in [-0.3, -0.25) is 4.79 Å². The number of rotatable bonds is 7. The lowest BCUT2D eigenvalue weighted by Crippen LogP contribution is -2.14. The van der Waals surface area contributed by atoms with Crippen molar-refractivity contribution in [2.24, 2.45) is 0 Å². The second-order valence-corrected chi connectivity index (χ2v) is 8.80. The highest BCUT2D eigenvalue weighted by Gasteiger charge is 2.15. The fourth-order valence-electron chi connectivity index (χ4n) is 3.67. The zero-order chi connectivity index (χ0) is 24.8. The van der Waals surface area contributed by atoms with Crippen LogP contribution in [0, 0.1) is 18.3 Å². The molecule has 0 heterocycles. The first-order valence-electron chi connectivity index (χ1n) is 11.0. The SMILES string of the molecule is COc1cc(/C=C(/C#N)C(=O)Nc2ccccc2C)cc(Br)c1OCc1ccc2ccccc2c1. The number of nitrogens with one attached hydrogen (secondary N) is 1. The molecule has 0 aliphatic rings. The van der Waals surface area contributed by atoms with E-state index < -0.39 is 5.91 Å². The quantitative estimate of drug-likeness (QED) is 0.207. The van der Waals surface area contributed by atoms with Crippen LogP contribution in [0.2, 0.25) is 0 Å². The van der Waals surface area contributed by atoms with Gasteiger partial charge in [0.05, 0.1) is 11.6 Å². The lowest BCUT2D eigenvalue weighted by atomic mass is 10.1. The Morgan fingerprint density at radius 1 is 1.03 bits per heavy atom. The van der Waals surface area contributed by atoms with Gasteiger partial charge < -0.3 is 14.8 Å². The van der Waals surface area contributed by atoms with Crippen LogP contribution in [-0.2, 0) is 11.4 Å². The molecule has 4 aromatic carbocycles. The summed E-state index contributed by atoms with van der Waals surface area (Å²) in [5, 5.41) is 14.7. The summed E-state index contributed by atoms with van der Waals surface area (Å²) in [5.41, 5.74) is 3.21. The highest BCUT2D eigenvalue weighted by Crippen LogP contribution is 2.38. The summed E-state index contributed by atoms with van der Waals surface area (Å²) < 4.78 is 12.3. The Bertz CT molecular complexity index is 1470. The molecule has 1 amide bonds. The number of fused-ring (bicyclic) bond motifs is 1. The van der Waals surface area contributed by atoms with E-state index in [1.165, 1.54) is 11.5 Å². The number of carbonyl (C=O) groups excluding carboxylic acids is 1. The molecule has 6 heteroatoms. The van der Waals surface area contributed by atoms with Crippen LogP contribution in [0.25, 0.3) is 16.8 Å². The first kappa shape index (κ1) is 24.1. The fraction of sp³-hybridized carbons (Fsp3) is 0.103. The van der Waals surface area contributed by atoms with Gasteiger partial charge in [-0.05, 0) is 80.7 Å². The maximum absolute atomic E-state index is 12.7. The Hall–Kier alpha value is -4.08. The summed E-state index contributed by atoms with van der Waals surface area (Å²) in [6, 6.07) is 27.3. The van der Waals surface area contributed by atoms with Gasteiger partial charge in [0.15, 0.2) is 11.5 Å². The van der Waals surface area contributed by atoms with Crippen LogP contribution in [0.1, 0.15) is 16.7 Å². The maximum atomic E-state index is 12.7. The first-order valence-corrected chi connectivity index (χ1v) is 11.7. The number of hydrogen-bond acceptors (Lipinski definition) is 4. The summed E-state index contributed by atoms with van der Waals surface area (Å²) >= 11 is 3.55. The molecular formula is C29H23BrN2O3. The number of hydrogen-bond donors (Lipinski definition) is 1. The van der Waals surface area contributed by atoms with Crippen LogP contribution in [0.15, 0.2) is 88.9 Å². The van der Waals surface area contributed by atoms with Gasteiger partial charge in [0.25, 0.3) is 5.91 Å². The second kappa shape index (κ2) is 10.9. The van der Waals surface area contributed by atoms with Crippen molar-refractivity contribution in [3.05, 3.63) is 106 Å². The Kier molecular flexibility index (Phi) is 7.49. The molecule has 0 atom stereocenters. The van der Waals surface area contributed by atoms with Gasteiger partial charge in [0, 0.05) is 5.69 Å². The molecule has 35 heavy (non-hydrogen) atoms. The predicted octanol–water partition coefficient (Wildman–Crippen LogP) is 7.04. The first-order chi connectivity index (χ1) is 17.0. The molecule has 0 fully saturated rings. The molecule has 0 aliphatic heterocycles. The fourth-order valence-corrected chi connectivity index (χ4v) is 4.24. The summed E-state index contributed by atoms with van der Waals surface area (Å²) in [6.07, 6.45) is 1.52. The second-order valence-electron chi connectivity index (χ2n) is 7.94. The van der Waals surface area contributed by atoms with Crippen molar-refractivity contribution in [1.29, 1.82) is 5.26 Å². The number of nitriles is 1. The van der Waals surface area contributed by atoms with Crippen molar-refractivity contribution < 1.29 is 14.3 Å². The minimum atomic E-state index is -0.478. The van der Waals surface area contributed by atoms with Crippen molar-refractivity contribution in [3.63, 3.8) is 0 Å². The zero-order valence-electron chi connectivity index (χ0n) is 19.3. The average Bonchev–Trinajstić information content (AvgIpc) is 2.87. The number of amides is 1. The smallest absolute Gasteiger partial charge is 0.266 e. The highest BCUT2D eigenvalue weighted by molar-refractivity contribution is 9.10. The van der Waals surface area contributed by atoms with Crippen molar-refractivity contribution in [2.75, 3.05) is 12.4 Å². The van der Waals surface area contributed by atoms with Crippen molar-refractivity contribution >= 4 is 44.4 Å². The van der Waals surface area contributed by atoms with E-state index >= 15 is 0 Å². The number of para-hydroxylation sites is 1. The zero-order valence-corrected chi connectivity index (χ0v) is 20.9. The number of ether oxygens (including phenoxy) is 2. The van der Waals surface area contributed by atoms with Gasteiger partial charge in [-0.25, -0.2) is 0 Å². The van der Waals surface area contributed by atoms with Crippen LogP contribution in [0.3, 0.4) is 0 Å². The normalized spacial score (nSPS) is 11.1. The molecule has 4 aromatic rings. The summed E-state index contributed by atoms with van der Waals surface area (Å²) in [5.74, 6) is 0.553. The Balaban J connectivity index is 1.55. The molecule has 0 unspecified atom stereocenters. The minimum absolute atomic E-state index is 0.0213. The lowest BCUT2D eigenvalue weighted by Gasteiger charge is -2.14. The molecule has 0 aromatic heterocycles. The third-order valence-electron chi connectivity index (χ3n) is 5.52. The maximum Gasteiger partial charge on any atom is 0.266 e. The molecule has 0 bridgehead atoms. The largest absolute Gasteiger partial charge is 0.493 e. The molecule has 0 spiro atoms. The molecule has 0 saturated carbocycles. The standard InChI is InChI=1S/C29H23BrN2O3/c1-19-7-3-6-10-26(19)32-29(33)24(17-31)14-21-15-25(30)28(27(16-21)34-2)35-18-20-11-12-22-8-4-5-9-23(22)13-20/h3-16H,18H2,1-2H3,(H,32,33)/b24-14-. The van der Waals surface area contributed by atoms with Crippen molar-refractivity contribution in [1.82, 2.24) is 0 Å². The van der Waals surface area contributed by atoms with Crippen molar-refractivity contribution in [2.45, 2.75) is 13.5 Å². The Morgan fingerprint density at radius 2 is 1.77 bits per heavy atom. The number of aryl methyl sites for hydroxylation is 1. The average molecular weight is 527 g/mol. The van der Waals surface area contributed by atoms with Crippen LogP contribution in [0.4, 0.5) is 5.69 Å². The van der Waals surface area contributed by atoms with Crippen LogP contribution < -0.4 is 14.8 Å². The number of nitrogens with zero attached hydrogens (tertiary/aromatic N) is 1. The van der Waals surface area contributed by atoms with E-state index in [1.54, 1.807) is 25.3 Å². The summed E-state index contributed by atoms with van der Waals surface area (Å²) in [4.78, 5) is 12.7.